The number of aromatic hydroxyl groups is 1. The van der Waals surface area contributed by atoms with Gasteiger partial charge < -0.3 is 9.84 Å². The van der Waals surface area contributed by atoms with Gasteiger partial charge in [0.05, 0.1) is 42.2 Å². The van der Waals surface area contributed by atoms with Crippen LogP contribution in [0.5, 0.6) is 11.5 Å². The van der Waals surface area contributed by atoms with Crippen molar-refractivity contribution in [2.75, 3.05) is 16.9 Å². The van der Waals surface area contributed by atoms with E-state index in [4.69, 9.17) is 4.74 Å². The Labute approximate surface area is 260 Å². The number of ether oxygens (including phenoxy) is 1. The zero-order valence-electron chi connectivity index (χ0n) is 24.8. The Kier molecular flexibility index (Phi) is 6.80. The van der Waals surface area contributed by atoms with Gasteiger partial charge in [0, 0.05) is 17.5 Å². The van der Waals surface area contributed by atoms with Crippen LogP contribution < -0.4 is 14.5 Å². The molecular formula is C37H32N2O6. The highest BCUT2D eigenvalue weighted by atomic mass is 16.5. The van der Waals surface area contributed by atoms with E-state index in [-0.39, 0.29) is 35.8 Å². The molecule has 1 saturated carbocycles. The number of allylic oxidation sites excluding steroid dienone is 2. The van der Waals surface area contributed by atoms with Crippen molar-refractivity contribution in [3.05, 3.63) is 108 Å². The van der Waals surface area contributed by atoms with E-state index in [1.165, 1.54) is 29.0 Å². The number of hydrogen-bond donors (Lipinski definition) is 1. The number of carbonyl (C=O) groups excluding carboxylic acids is 4. The molecule has 0 spiro atoms. The third kappa shape index (κ3) is 4.27. The minimum atomic E-state index is -0.746. The number of carbonyl (C=O) groups is 4. The van der Waals surface area contributed by atoms with Crippen molar-refractivity contribution in [3.8, 4) is 11.5 Å². The van der Waals surface area contributed by atoms with E-state index in [0.29, 0.717) is 29.1 Å². The Morgan fingerprint density at radius 2 is 1.29 bits per heavy atom. The van der Waals surface area contributed by atoms with Gasteiger partial charge in [0.25, 0.3) is 0 Å². The Balaban J connectivity index is 1.33. The molecule has 0 unspecified atom stereocenters. The highest BCUT2D eigenvalue weighted by Gasteiger charge is 2.62. The predicted octanol–water partition coefficient (Wildman–Crippen LogP) is 5.73. The molecule has 8 nitrogen and oxygen atoms in total. The predicted molar refractivity (Wildman–Crippen MR) is 170 cm³/mol. The lowest BCUT2D eigenvalue weighted by Gasteiger charge is -2.44. The minimum Gasteiger partial charge on any atom is -0.508 e. The first-order valence-electron chi connectivity index (χ1n) is 15.0. The lowest BCUT2D eigenvalue weighted by molar-refractivity contribution is -0.126. The van der Waals surface area contributed by atoms with E-state index in [2.05, 4.69) is 13.2 Å². The van der Waals surface area contributed by atoms with Crippen LogP contribution in [0.15, 0.2) is 91.5 Å². The van der Waals surface area contributed by atoms with Gasteiger partial charge in [0.2, 0.25) is 23.6 Å². The van der Waals surface area contributed by atoms with Crippen LogP contribution in [0.3, 0.4) is 0 Å². The molecule has 226 valence electrons. The Morgan fingerprint density at radius 1 is 0.733 bits per heavy atom. The maximum absolute atomic E-state index is 14.3. The summed E-state index contributed by atoms with van der Waals surface area (Å²) in [4.78, 5) is 59.0. The molecule has 3 aromatic rings. The smallest absolute Gasteiger partial charge is 0.238 e. The molecule has 3 aromatic carbocycles. The van der Waals surface area contributed by atoms with Crippen LogP contribution in [0.1, 0.15) is 35.4 Å². The zero-order valence-corrected chi connectivity index (χ0v) is 24.8. The normalized spacial score (nSPS) is 27.1. The van der Waals surface area contributed by atoms with Crippen molar-refractivity contribution in [3.63, 3.8) is 0 Å². The molecule has 6 atom stereocenters. The molecule has 0 bridgehead atoms. The minimum absolute atomic E-state index is 0.00430. The highest BCUT2D eigenvalue weighted by molar-refractivity contribution is 6.24. The van der Waals surface area contributed by atoms with Crippen LogP contribution in [0.25, 0.3) is 12.2 Å². The fraction of sp³-hybridized carbons (Fsp3) is 0.243. The van der Waals surface area contributed by atoms with Gasteiger partial charge in [-0.05, 0) is 60.2 Å². The summed E-state index contributed by atoms with van der Waals surface area (Å²) in [6.45, 7) is 7.56. The topological polar surface area (TPSA) is 104 Å². The second-order valence-electron chi connectivity index (χ2n) is 12.1. The molecule has 7 rings (SSSR count). The van der Waals surface area contributed by atoms with Gasteiger partial charge in [-0.1, -0.05) is 67.3 Å². The average molecular weight is 601 g/mol. The molecule has 4 amide bonds. The number of methoxy groups -OCH3 is 1. The first kappa shape index (κ1) is 28.5. The molecular weight excluding hydrogens is 568 g/mol. The van der Waals surface area contributed by atoms with E-state index >= 15 is 0 Å². The molecule has 2 saturated heterocycles. The van der Waals surface area contributed by atoms with Gasteiger partial charge in [-0.2, -0.15) is 0 Å². The summed E-state index contributed by atoms with van der Waals surface area (Å²) in [6, 6.07) is 18.9. The average Bonchev–Trinajstić information content (AvgIpc) is 3.47. The van der Waals surface area contributed by atoms with Gasteiger partial charge >= 0.3 is 0 Å². The van der Waals surface area contributed by atoms with Gasteiger partial charge in [0.15, 0.2) is 0 Å². The van der Waals surface area contributed by atoms with Crippen LogP contribution in [-0.4, -0.2) is 35.8 Å². The largest absolute Gasteiger partial charge is 0.508 e. The van der Waals surface area contributed by atoms with Gasteiger partial charge in [-0.25, -0.2) is 0 Å². The Bertz CT molecular complexity index is 1810. The summed E-state index contributed by atoms with van der Waals surface area (Å²) < 4.78 is 5.68. The van der Waals surface area contributed by atoms with Crippen LogP contribution in [0, 0.1) is 29.6 Å². The number of benzene rings is 3. The third-order valence-electron chi connectivity index (χ3n) is 9.97. The standard InChI is InChI=1S/C37H32N2O6/c1-4-20-6-10-22(11-7-20)38-34(41)27-17-16-25-28(32(27)36(38)43)19-29-33(31(25)26-15-14-24(40)18-30(26)45-3)37(44)39(35(29)42)23-12-8-21(5-2)9-13-23/h4-16,18,27-29,31-33,40H,1-2,17,19H2,3H3/t27-,28+,29+,31+,32-,33+/m0/s1. The maximum atomic E-state index is 14.3. The van der Waals surface area contributed by atoms with E-state index in [0.717, 1.165) is 16.7 Å². The summed E-state index contributed by atoms with van der Waals surface area (Å²) >= 11 is 0. The number of rotatable bonds is 6. The first-order valence-corrected chi connectivity index (χ1v) is 15.0. The van der Waals surface area contributed by atoms with Crippen molar-refractivity contribution in [2.45, 2.75) is 18.8 Å². The van der Waals surface area contributed by atoms with Crippen molar-refractivity contribution >= 4 is 47.2 Å². The fourth-order valence-corrected chi connectivity index (χ4v) is 7.92. The quantitative estimate of drug-likeness (QED) is 0.286. The molecule has 0 aromatic heterocycles. The van der Waals surface area contributed by atoms with Gasteiger partial charge in [-0.3, -0.25) is 29.0 Å². The van der Waals surface area contributed by atoms with Crippen molar-refractivity contribution in [1.82, 2.24) is 0 Å². The number of phenolic OH excluding ortho intramolecular Hbond substituents is 1. The van der Waals surface area contributed by atoms with E-state index < -0.39 is 35.5 Å². The summed E-state index contributed by atoms with van der Waals surface area (Å²) in [6.07, 6.45) is 5.98. The van der Waals surface area contributed by atoms with Crippen LogP contribution in [0.2, 0.25) is 0 Å². The second kappa shape index (κ2) is 10.7. The van der Waals surface area contributed by atoms with Gasteiger partial charge in [0.1, 0.15) is 11.5 Å². The molecule has 2 aliphatic heterocycles. The zero-order chi connectivity index (χ0) is 31.6. The number of hydrogen-bond acceptors (Lipinski definition) is 6. The SMILES string of the molecule is C=Cc1ccc(N2C(=O)[C@H]3[C@H](CC=C4[C@H]3C[C@H]3C(=O)N(c5ccc(C=C)cc5)C(=O)[C@H]3[C@H]4c3ccc(O)cc3OC)C2=O)cc1. The fourth-order valence-electron chi connectivity index (χ4n) is 7.92. The highest BCUT2D eigenvalue weighted by Crippen LogP contribution is 2.59. The monoisotopic (exact) mass is 600 g/mol. The lowest BCUT2D eigenvalue weighted by Crippen LogP contribution is -2.43. The van der Waals surface area contributed by atoms with E-state index in [1.807, 2.05) is 18.2 Å². The number of nitrogens with zero attached hydrogens (tertiary/aromatic N) is 2. The molecule has 45 heavy (non-hydrogen) atoms. The molecule has 1 N–H and O–H groups in total. The molecule has 4 aliphatic rings. The molecule has 8 heteroatoms. The molecule has 2 heterocycles. The summed E-state index contributed by atoms with van der Waals surface area (Å²) in [5.74, 6) is -4.56. The van der Waals surface area contributed by atoms with Crippen LogP contribution in [-0.2, 0) is 19.2 Å². The van der Waals surface area contributed by atoms with E-state index in [9.17, 15) is 24.3 Å². The Morgan fingerprint density at radius 3 is 1.84 bits per heavy atom. The van der Waals surface area contributed by atoms with Crippen molar-refractivity contribution in [2.24, 2.45) is 29.6 Å². The third-order valence-corrected chi connectivity index (χ3v) is 9.97. The lowest BCUT2D eigenvalue weighted by atomic mass is 9.57. The van der Waals surface area contributed by atoms with E-state index in [1.54, 1.807) is 54.6 Å². The number of imide groups is 2. The van der Waals surface area contributed by atoms with Crippen LogP contribution in [0.4, 0.5) is 11.4 Å². The summed E-state index contributed by atoms with van der Waals surface area (Å²) in [5, 5.41) is 10.2. The molecule has 0 radical (unpaired) electrons. The number of amides is 4. The van der Waals surface area contributed by atoms with Crippen molar-refractivity contribution < 1.29 is 29.0 Å². The van der Waals surface area contributed by atoms with Crippen molar-refractivity contribution in [1.29, 1.82) is 0 Å². The molecule has 2 aliphatic carbocycles. The number of fused-ring (bicyclic) bond motifs is 4. The summed E-state index contributed by atoms with van der Waals surface area (Å²) in [7, 11) is 1.49. The maximum Gasteiger partial charge on any atom is 0.238 e. The second-order valence-corrected chi connectivity index (χ2v) is 12.1. The van der Waals surface area contributed by atoms with Crippen LogP contribution >= 0.6 is 0 Å². The van der Waals surface area contributed by atoms with Gasteiger partial charge in [-0.15, -0.1) is 0 Å². The first-order chi connectivity index (χ1) is 21.8. The number of anilines is 2. The number of phenols is 1. The summed E-state index contributed by atoms with van der Waals surface area (Å²) in [5.41, 5.74) is 4.21. The molecule has 3 fully saturated rings. The Hall–Kier alpha value is -5.24.